The fraction of sp³-hybridized carbons (Fsp3) is 0.471. The summed E-state index contributed by atoms with van der Waals surface area (Å²) in [6, 6.07) is 4.05. The van der Waals surface area contributed by atoms with Gasteiger partial charge in [-0.05, 0) is 25.3 Å². The average molecular weight is 361 g/mol. The van der Waals surface area contributed by atoms with Crippen LogP contribution in [-0.4, -0.2) is 53.8 Å². The van der Waals surface area contributed by atoms with E-state index in [4.69, 9.17) is 4.74 Å². The van der Waals surface area contributed by atoms with E-state index in [1.807, 2.05) is 4.90 Å². The second-order valence-corrected chi connectivity index (χ2v) is 6.27. The van der Waals surface area contributed by atoms with Crippen molar-refractivity contribution in [1.82, 2.24) is 4.90 Å². The number of anilines is 1. The summed E-state index contributed by atoms with van der Waals surface area (Å²) in [7, 11) is 0. The molecule has 2 saturated heterocycles. The monoisotopic (exact) mass is 361 g/mol. The molecule has 0 aliphatic carbocycles. The van der Waals surface area contributed by atoms with Crippen molar-refractivity contribution in [2.24, 2.45) is 0 Å². The van der Waals surface area contributed by atoms with Crippen molar-refractivity contribution >= 4 is 29.2 Å². The fourth-order valence-corrected chi connectivity index (χ4v) is 3.23. The molecule has 0 radical (unpaired) electrons. The highest BCUT2D eigenvalue weighted by Crippen LogP contribution is 2.29. The number of benzene rings is 1. The van der Waals surface area contributed by atoms with Gasteiger partial charge in [-0.1, -0.05) is 0 Å². The zero-order chi connectivity index (χ0) is 18.7. The highest BCUT2D eigenvalue weighted by molar-refractivity contribution is 6.00. The number of nitro benzene ring substituents is 1. The van der Waals surface area contributed by atoms with E-state index < -0.39 is 23.4 Å². The largest absolute Gasteiger partial charge is 0.452 e. The van der Waals surface area contributed by atoms with Crippen LogP contribution in [0.5, 0.6) is 0 Å². The predicted molar refractivity (Wildman–Crippen MR) is 90.8 cm³/mol. The third-order valence-corrected chi connectivity index (χ3v) is 4.56. The molecule has 2 heterocycles. The molecule has 0 unspecified atom stereocenters. The molecule has 1 aromatic carbocycles. The third kappa shape index (κ3) is 3.66. The number of imide groups is 1. The molecule has 0 bridgehead atoms. The highest BCUT2D eigenvalue weighted by Gasteiger charge is 2.28. The maximum absolute atomic E-state index is 12.5. The van der Waals surface area contributed by atoms with Gasteiger partial charge in [0.1, 0.15) is 0 Å². The van der Waals surface area contributed by atoms with Crippen LogP contribution in [0.1, 0.15) is 36.0 Å². The summed E-state index contributed by atoms with van der Waals surface area (Å²) in [6.45, 7) is 1.26. The first-order chi connectivity index (χ1) is 12.5. The molecule has 3 rings (SSSR count). The van der Waals surface area contributed by atoms with Gasteiger partial charge in [0, 0.05) is 38.2 Å². The molecule has 0 saturated carbocycles. The van der Waals surface area contributed by atoms with Gasteiger partial charge in [0.2, 0.25) is 5.91 Å². The molecule has 0 aromatic heterocycles. The molecule has 2 amide bonds. The topological polar surface area (TPSA) is 110 Å². The molecule has 2 aliphatic heterocycles. The number of rotatable bonds is 5. The Morgan fingerprint density at radius 3 is 2.50 bits per heavy atom. The smallest absolute Gasteiger partial charge is 0.341 e. The molecule has 9 heteroatoms. The van der Waals surface area contributed by atoms with E-state index in [0.717, 1.165) is 30.8 Å². The summed E-state index contributed by atoms with van der Waals surface area (Å²) in [5.41, 5.74) is 0.394. The minimum absolute atomic E-state index is 0.0571. The van der Waals surface area contributed by atoms with Crippen LogP contribution in [0.2, 0.25) is 0 Å². The lowest BCUT2D eigenvalue weighted by Crippen LogP contribution is -2.35. The Balaban J connectivity index is 1.76. The van der Waals surface area contributed by atoms with E-state index in [2.05, 4.69) is 0 Å². The van der Waals surface area contributed by atoms with Gasteiger partial charge < -0.3 is 9.64 Å². The molecule has 2 aliphatic rings. The second kappa shape index (κ2) is 7.51. The number of likely N-dealkylation sites (tertiary alicyclic amines) is 1. The number of hydrogen-bond acceptors (Lipinski definition) is 7. The summed E-state index contributed by atoms with van der Waals surface area (Å²) >= 11 is 0. The third-order valence-electron chi connectivity index (χ3n) is 4.56. The average Bonchev–Trinajstić information content (AvgIpc) is 3.30. The number of nitro groups is 1. The molecule has 9 nitrogen and oxygen atoms in total. The van der Waals surface area contributed by atoms with Crippen molar-refractivity contribution in [1.29, 1.82) is 0 Å². The zero-order valence-corrected chi connectivity index (χ0v) is 14.2. The predicted octanol–water partition coefficient (Wildman–Crippen LogP) is 1.50. The van der Waals surface area contributed by atoms with Crippen LogP contribution in [0, 0.1) is 10.1 Å². The number of hydrogen-bond donors (Lipinski definition) is 0. The number of esters is 1. The number of carbonyl (C=O) groups excluding carboxylic acids is 3. The molecule has 1 aromatic rings. The van der Waals surface area contributed by atoms with E-state index >= 15 is 0 Å². The first-order valence-corrected chi connectivity index (χ1v) is 8.51. The summed E-state index contributed by atoms with van der Waals surface area (Å²) < 4.78 is 5.05. The van der Waals surface area contributed by atoms with Gasteiger partial charge >= 0.3 is 5.97 Å². The number of non-ortho nitro benzene ring substituents is 1. The van der Waals surface area contributed by atoms with Crippen molar-refractivity contribution in [2.75, 3.05) is 31.1 Å². The van der Waals surface area contributed by atoms with Crippen LogP contribution in [0.3, 0.4) is 0 Å². The van der Waals surface area contributed by atoms with E-state index in [-0.39, 0.29) is 17.2 Å². The number of amides is 2. The van der Waals surface area contributed by atoms with E-state index in [1.165, 1.54) is 18.2 Å². The Bertz CT molecular complexity index is 757. The first kappa shape index (κ1) is 17.8. The molecule has 0 atom stereocenters. The minimum atomic E-state index is -0.810. The Morgan fingerprint density at radius 2 is 1.88 bits per heavy atom. The lowest BCUT2D eigenvalue weighted by atomic mass is 10.1. The molecule has 2 fully saturated rings. The first-order valence-electron chi connectivity index (χ1n) is 8.51. The van der Waals surface area contributed by atoms with Gasteiger partial charge in [-0.25, -0.2) is 4.79 Å². The summed E-state index contributed by atoms with van der Waals surface area (Å²) in [5, 5.41) is 11.0. The van der Waals surface area contributed by atoms with Crippen molar-refractivity contribution in [3.63, 3.8) is 0 Å². The van der Waals surface area contributed by atoms with Gasteiger partial charge in [0.15, 0.2) is 6.61 Å². The van der Waals surface area contributed by atoms with Crippen LogP contribution in [-0.2, 0) is 14.3 Å². The Kier molecular flexibility index (Phi) is 5.15. The molecular formula is C17H19N3O6. The molecule has 0 N–H and O–H groups in total. The number of ether oxygens (including phenoxy) is 1. The van der Waals surface area contributed by atoms with Gasteiger partial charge in [-0.15, -0.1) is 0 Å². The Morgan fingerprint density at radius 1 is 1.15 bits per heavy atom. The van der Waals surface area contributed by atoms with Gasteiger partial charge in [-0.2, -0.15) is 0 Å². The maximum atomic E-state index is 12.5. The summed E-state index contributed by atoms with van der Waals surface area (Å²) in [5.74, 6) is -1.66. The fourth-order valence-electron chi connectivity index (χ4n) is 3.23. The minimum Gasteiger partial charge on any atom is -0.452 e. The standard InChI is InChI=1S/C17H19N3O6/c21-15-4-3-9-19(15)16(22)11-26-17(23)13-10-12(20(24)25)5-6-14(13)18-7-1-2-8-18/h5-6,10H,1-4,7-9,11H2. The highest BCUT2D eigenvalue weighted by atomic mass is 16.6. The van der Waals surface area contributed by atoms with Gasteiger partial charge in [-0.3, -0.25) is 24.6 Å². The summed E-state index contributed by atoms with van der Waals surface area (Å²) in [4.78, 5) is 49.5. The SMILES string of the molecule is O=C(OCC(=O)N1CCCC1=O)c1cc([N+](=O)[O-])ccc1N1CCCC1. The van der Waals surface area contributed by atoms with E-state index in [9.17, 15) is 24.5 Å². The lowest BCUT2D eigenvalue weighted by molar-refractivity contribution is -0.384. The van der Waals surface area contributed by atoms with Crippen molar-refractivity contribution in [3.8, 4) is 0 Å². The molecule has 26 heavy (non-hydrogen) atoms. The van der Waals surface area contributed by atoms with Crippen LogP contribution >= 0.6 is 0 Å². The van der Waals surface area contributed by atoms with Crippen LogP contribution < -0.4 is 4.90 Å². The van der Waals surface area contributed by atoms with Crippen LogP contribution in [0.15, 0.2) is 18.2 Å². The summed E-state index contributed by atoms with van der Waals surface area (Å²) in [6.07, 6.45) is 2.86. The Hall–Kier alpha value is -2.97. The molecular weight excluding hydrogens is 342 g/mol. The normalized spacial score (nSPS) is 16.8. The van der Waals surface area contributed by atoms with Crippen LogP contribution in [0.25, 0.3) is 0 Å². The van der Waals surface area contributed by atoms with E-state index in [0.29, 0.717) is 25.1 Å². The second-order valence-electron chi connectivity index (χ2n) is 6.27. The van der Waals surface area contributed by atoms with Crippen molar-refractivity contribution in [3.05, 3.63) is 33.9 Å². The maximum Gasteiger partial charge on any atom is 0.341 e. The quantitative estimate of drug-likeness (QED) is 0.444. The lowest BCUT2D eigenvalue weighted by Gasteiger charge is -2.20. The van der Waals surface area contributed by atoms with Crippen molar-refractivity contribution in [2.45, 2.75) is 25.7 Å². The van der Waals surface area contributed by atoms with Gasteiger partial charge in [0.25, 0.3) is 11.6 Å². The van der Waals surface area contributed by atoms with Crippen molar-refractivity contribution < 1.29 is 24.0 Å². The molecule has 0 spiro atoms. The number of nitrogens with zero attached hydrogens (tertiary/aromatic N) is 3. The Labute approximate surface area is 149 Å². The number of carbonyl (C=O) groups is 3. The molecule has 138 valence electrons. The zero-order valence-electron chi connectivity index (χ0n) is 14.2. The van der Waals surface area contributed by atoms with E-state index in [1.54, 1.807) is 0 Å². The van der Waals surface area contributed by atoms with Gasteiger partial charge in [0.05, 0.1) is 16.2 Å². The van der Waals surface area contributed by atoms with Crippen LogP contribution in [0.4, 0.5) is 11.4 Å².